The Morgan fingerprint density at radius 2 is 2.25 bits per heavy atom. The maximum atomic E-state index is 11.8. The number of imidazole rings is 1. The van der Waals surface area contributed by atoms with Gasteiger partial charge in [-0.15, -0.1) is 0 Å². The molecular weight excluding hydrogens is 260 g/mol. The molecule has 2 rings (SSSR count). The zero-order chi connectivity index (χ0) is 14.5. The van der Waals surface area contributed by atoms with E-state index in [0.29, 0.717) is 19.5 Å². The number of nitrogens with zero attached hydrogens (tertiary/aromatic N) is 2. The Hall–Kier alpha value is -2.51. The summed E-state index contributed by atoms with van der Waals surface area (Å²) in [7, 11) is 0. The highest BCUT2D eigenvalue weighted by Crippen LogP contribution is 2.10. The average Bonchev–Trinajstić information content (AvgIpc) is 2.91. The van der Waals surface area contributed by atoms with Crippen LogP contribution >= 0.6 is 0 Å². The molecule has 0 aliphatic heterocycles. The summed E-state index contributed by atoms with van der Waals surface area (Å²) in [6, 6.07) is 0. The molecule has 2 aromatic heterocycles. The number of H-pyrrole nitrogens is 2. The molecule has 8 nitrogen and oxygen atoms in total. The molecule has 0 saturated carbocycles. The van der Waals surface area contributed by atoms with E-state index in [9.17, 15) is 9.59 Å². The Kier molecular flexibility index (Phi) is 4.24. The van der Waals surface area contributed by atoms with Crippen molar-refractivity contribution in [3.05, 3.63) is 39.1 Å². The number of aromatic nitrogens is 4. The molecule has 0 aliphatic rings. The molecule has 20 heavy (non-hydrogen) atoms. The fraction of sp³-hybridized carbons (Fsp3) is 0.417. The molecule has 2 aromatic rings. The zero-order valence-electron chi connectivity index (χ0n) is 11.3. The summed E-state index contributed by atoms with van der Waals surface area (Å²) in [6.07, 6.45) is 4.77. The van der Waals surface area contributed by atoms with Crippen LogP contribution in [0.5, 0.6) is 0 Å². The van der Waals surface area contributed by atoms with E-state index in [1.54, 1.807) is 12.4 Å². The van der Waals surface area contributed by atoms with Gasteiger partial charge in [-0.1, -0.05) is 6.92 Å². The molecule has 0 amide bonds. The van der Waals surface area contributed by atoms with Gasteiger partial charge in [0.1, 0.15) is 17.3 Å². The van der Waals surface area contributed by atoms with Gasteiger partial charge in [-0.2, -0.15) is 0 Å². The van der Waals surface area contributed by atoms with Gasteiger partial charge in [-0.25, -0.2) is 9.78 Å². The van der Waals surface area contributed by atoms with Crippen LogP contribution in [0.2, 0.25) is 0 Å². The Labute approximate surface area is 115 Å². The molecule has 0 atom stereocenters. The average molecular weight is 278 g/mol. The fourth-order valence-electron chi connectivity index (χ4n) is 1.94. The largest absolute Gasteiger partial charge is 0.383 e. The second-order valence-electron chi connectivity index (χ2n) is 4.38. The minimum absolute atomic E-state index is 0.167. The number of aromatic amines is 2. The van der Waals surface area contributed by atoms with Gasteiger partial charge in [-0.3, -0.25) is 14.3 Å². The van der Waals surface area contributed by atoms with E-state index in [0.717, 1.165) is 12.2 Å². The smallest absolute Gasteiger partial charge is 0.330 e. The van der Waals surface area contributed by atoms with Crippen molar-refractivity contribution in [1.82, 2.24) is 19.5 Å². The molecular formula is C12H18N6O2. The van der Waals surface area contributed by atoms with E-state index in [-0.39, 0.29) is 11.5 Å². The SMILES string of the molecule is CCCn1c(N)c(NCCc2ncc[nH]2)c(=O)[nH]c1=O. The Balaban J connectivity index is 2.16. The highest BCUT2D eigenvalue weighted by Gasteiger charge is 2.11. The molecule has 2 heterocycles. The minimum atomic E-state index is -0.501. The third kappa shape index (κ3) is 2.90. The molecule has 0 aromatic carbocycles. The molecule has 8 heteroatoms. The van der Waals surface area contributed by atoms with Crippen molar-refractivity contribution in [2.45, 2.75) is 26.3 Å². The molecule has 0 fully saturated rings. The lowest BCUT2D eigenvalue weighted by Crippen LogP contribution is -2.34. The predicted molar refractivity (Wildman–Crippen MR) is 76.8 cm³/mol. The van der Waals surface area contributed by atoms with Gasteiger partial charge < -0.3 is 16.0 Å². The highest BCUT2D eigenvalue weighted by molar-refractivity contribution is 5.60. The van der Waals surface area contributed by atoms with Gasteiger partial charge in [-0.05, 0) is 6.42 Å². The van der Waals surface area contributed by atoms with Gasteiger partial charge in [0, 0.05) is 31.9 Å². The lowest BCUT2D eigenvalue weighted by atomic mass is 10.3. The van der Waals surface area contributed by atoms with Crippen molar-refractivity contribution in [2.24, 2.45) is 0 Å². The number of nitrogen functional groups attached to an aromatic ring is 1. The van der Waals surface area contributed by atoms with E-state index in [2.05, 4.69) is 20.3 Å². The van der Waals surface area contributed by atoms with Gasteiger partial charge in [0.2, 0.25) is 0 Å². The van der Waals surface area contributed by atoms with Crippen LogP contribution in [0.1, 0.15) is 19.2 Å². The van der Waals surface area contributed by atoms with Crippen LogP contribution in [0.3, 0.4) is 0 Å². The molecule has 0 aliphatic carbocycles. The normalized spacial score (nSPS) is 10.7. The number of nitrogens with one attached hydrogen (secondary N) is 3. The second-order valence-corrected chi connectivity index (χ2v) is 4.38. The van der Waals surface area contributed by atoms with E-state index in [1.165, 1.54) is 4.57 Å². The number of hydrogen-bond acceptors (Lipinski definition) is 5. The first-order valence-electron chi connectivity index (χ1n) is 6.48. The molecule has 5 N–H and O–H groups in total. The summed E-state index contributed by atoms with van der Waals surface area (Å²) < 4.78 is 1.36. The summed E-state index contributed by atoms with van der Waals surface area (Å²) in [6.45, 7) is 2.89. The number of nitrogens with two attached hydrogens (primary N) is 1. The topological polar surface area (TPSA) is 122 Å². The molecule has 0 saturated heterocycles. The third-order valence-electron chi connectivity index (χ3n) is 2.91. The zero-order valence-corrected chi connectivity index (χ0v) is 11.3. The lowest BCUT2D eigenvalue weighted by molar-refractivity contribution is 0.642. The Morgan fingerprint density at radius 1 is 1.45 bits per heavy atom. The summed E-state index contributed by atoms with van der Waals surface area (Å²) in [5.41, 5.74) is 5.13. The number of hydrogen-bond donors (Lipinski definition) is 4. The van der Waals surface area contributed by atoms with Crippen LogP contribution < -0.4 is 22.3 Å². The molecule has 0 bridgehead atoms. The van der Waals surface area contributed by atoms with Gasteiger partial charge in [0.15, 0.2) is 0 Å². The number of rotatable bonds is 6. The van der Waals surface area contributed by atoms with Gasteiger partial charge in [0.05, 0.1) is 0 Å². The summed E-state index contributed by atoms with van der Waals surface area (Å²) >= 11 is 0. The summed E-state index contributed by atoms with van der Waals surface area (Å²) in [5, 5.41) is 2.96. The van der Waals surface area contributed by atoms with E-state index in [1.807, 2.05) is 6.92 Å². The van der Waals surface area contributed by atoms with Crippen LogP contribution in [0.4, 0.5) is 11.5 Å². The Morgan fingerprint density at radius 3 is 2.90 bits per heavy atom. The maximum absolute atomic E-state index is 11.8. The fourth-order valence-corrected chi connectivity index (χ4v) is 1.94. The maximum Gasteiger partial charge on any atom is 0.330 e. The highest BCUT2D eigenvalue weighted by atomic mass is 16.2. The quantitative estimate of drug-likeness (QED) is 0.588. The van der Waals surface area contributed by atoms with Gasteiger partial charge in [0.25, 0.3) is 5.56 Å². The predicted octanol–water partition coefficient (Wildman–Crippen LogP) is -0.0935. The van der Waals surface area contributed by atoms with Gasteiger partial charge >= 0.3 is 5.69 Å². The van der Waals surface area contributed by atoms with Crippen molar-refractivity contribution in [2.75, 3.05) is 17.6 Å². The molecule has 0 radical (unpaired) electrons. The number of anilines is 2. The summed E-state index contributed by atoms with van der Waals surface area (Å²) in [5.74, 6) is 0.981. The van der Waals surface area contributed by atoms with Crippen LogP contribution in [0, 0.1) is 0 Å². The van der Waals surface area contributed by atoms with Crippen LogP contribution in [-0.4, -0.2) is 26.1 Å². The molecule has 0 spiro atoms. The van der Waals surface area contributed by atoms with Crippen LogP contribution in [0.15, 0.2) is 22.0 Å². The van der Waals surface area contributed by atoms with E-state index >= 15 is 0 Å². The van der Waals surface area contributed by atoms with Crippen molar-refractivity contribution in [3.8, 4) is 0 Å². The Bertz CT molecular complexity index is 670. The van der Waals surface area contributed by atoms with Crippen molar-refractivity contribution < 1.29 is 0 Å². The molecule has 0 unspecified atom stereocenters. The van der Waals surface area contributed by atoms with Crippen LogP contribution in [-0.2, 0) is 13.0 Å². The first kappa shape index (κ1) is 13.9. The molecule has 108 valence electrons. The van der Waals surface area contributed by atoms with E-state index in [4.69, 9.17) is 5.73 Å². The minimum Gasteiger partial charge on any atom is -0.383 e. The standard InChI is InChI=1S/C12H18N6O2/c1-2-7-18-10(13)9(11(19)17-12(18)20)16-4-3-8-14-5-6-15-8/h5-6,16H,2-4,7,13H2,1H3,(H,14,15)(H,17,19,20). The summed E-state index contributed by atoms with van der Waals surface area (Å²) in [4.78, 5) is 32.7. The van der Waals surface area contributed by atoms with Crippen molar-refractivity contribution >= 4 is 11.5 Å². The first-order chi connectivity index (χ1) is 9.63. The lowest BCUT2D eigenvalue weighted by Gasteiger charge is -2.12. The van der Waals surface area contributed by atoms with E-state index < -0.39 is 11.2 Å². The van der Waals surface area contributed by atoms with Crippen molar-refractivity contribution in [3.63, 3.8) is 0 Å². The second kappa shape index (κ2) is 6.09. The van der Waals surface area contributed by atoms with Crippen molar-refractivity contribution in [1.29, 1.82) is 0 Å². The third-order valence-corrected chi connectivity index (χ3v) is 2.91. The first-order valence-corrected chi connectivity index (χ1v) is 6.48. The van der Waals surface area contributed by atoms with Crippen LogP contribution in [0.25, 0.3) is 0 Å². The monoisotopic (exact) mass is 278 g/mol.